The van der Waals surface area contributed by atoms with Crippen LogP contribution in [-0.2, 0) is 0 Å². The van der Waals surface area contributed by atoms with Gasteiger partial charge in [-0.2, -0.15) is 0 Å². The average molecular weight is 465 g/mol. The first-order chi connectivity index (χ1) is 12.1. The summed E-state index contributed by atoms with van der Waals surface area (Å²) in [5, 5.41) is 0. The largest absolute Gasteiger partial charge is 0.448 e. The molecule has 0 saturated heterocycles. The molecule has 0 aliphatic rings. The summed E-state index contributed by atoms with van der Waals surface area (Å²) >= 11 is 6.46. The van der Waals surface area contributed by atoms with Gasteiger partial charge in [0.05, 0.1) is 12.0 Å². The van der Waals surface area contributed by atoms with E-state index in [1.54, 1.807) is 29.5 Å². The van der Waals surface area contributed by atoms with Crippen LogP contribution in [0.1, 0.15) is 0 Å². The summed E-state index contributed by atoms with van der Waals surface area (Å²) in [5.74, 6) is 0.514. The predicted molar refractivity (Wildman–Crippen MR) is 101 cm³/mol. The van der Waals surface area contributed by atoms with Crippen molar-refractivity contribution in [1.29, 1.82) is 0 Å². The van der Waals surface area contributed by atoms with Crippen molar-refractivity contribution in [2.75, 3.05) is 0 Å². The van der Waals surface area contributed by atoms with Gasteiger partial charge in [-0.05, 0) is 58.4 Å². The molecule has 3 aromatic heterocycles. The molecule has 0 unspecified atom stereocenters. The molecule has 0 fully saturated rings. The maximum atomic E-state index is 13.0. The van der Waals surface area contributed by atoms with Gasteiger partial charge < -0.3 is 8.98 Å². The molecule has 7 heteroatoms. The molecule has 0 amide bonds. The summed E-state index contributed by atoms with van der Waals surface area (Å²) in [7, 11) is 0. The zero-order valence-corrected chi connectivity index (χ0v) is 16.0. The van der Waals surface area contributed by atoms with E-state index in [9.17, 15) is 4.39 Å². The Labute approximate surface area is 160 Å². The average Bonchev–Trinajstić information content (AvgIpc) is 3.27. The number of benzene rings is 1. The van der Waals surface area contributed by atoms with Crippen LogP contribution in [0.4, 0.5) is 4.39 Å². The second kappa shape index (κ2) is 8.22. The molecule has 3 heterocycles. The number of halogens is 3. The highest BCUT2D eigenvalue weighted by Gasteiger charge is 2.02. The number of hydrogen-bond acceptors (Lipinski definition) is 3. The lowest BCUT2D eigenvalue weighted by atomic mass is 10.3. The monoisotopic (exact) mass is 463 g/mol. The first kappa shape index (κ1) is 17.6. The molecular weight excluding hydrogens is 453 g/mol. The Morgan fingerprint density at radius 3 is 2.48 bits per heavy atom. The Bertz CT molecular complexity index is 920. The Morgan fingerprint density at radius 2 is 1.88 bits per heavy atom. The molecule has 0 saturated carbocycles. The molecule has 0 atom stereocenters. The van der Waals surface area contributed by atoms with Gasteiger partial charge in [-0.15, -0.1) is 0 Å². The van der Waals surface area contributed by atoms with E-state index < -0.39 is 0 Å². The third-order valence-corrected chi connectivity index (χ3v) is 4.02. The molecule has 4 aromatic rings. The lowest BCUT2D eigenvalue weighted by Gasteiger charge is -2.02. The van der Waals surface area contributed by atoms with Gasteiger partial charge in [0.1, 0.15) is 11.5 Å². The minimum Gasteiger partial charge on any atom is -0.448 e. The molecular formula is C18H12Br2FN3O. The van der Waals surface area contributed by atoms with Crippen LogP contribution in [0.15, 0.2) is 87.0 Å². The Balaban J connectivity index is 0.000000146. The van der Waals surface area contributed by atoms with Gasteiger partial charge in [-0.3, -0.25) is 4.98 Å². The molecule has 1 aromatic carbocycles. The highest BCUT2D eigenvalue weighted by atomic mass is 79.9. The van der Waals surface area contributed by atoms with Crippen molar-refractivity contribution in [3.05, 3.63) is 88.4 Å². The highest BCUT2D eigenvalue weighted by Crippen LogP contribution is 2.22. The van der Waals surface area contributed by atoms with Crippen molar-refractivity contribution in [1.82, 2.24) is 14.5 Å². The fourth-order valence-corrected chi connectivity index (χ4v) is 2.82. The summed E-state index contributed by atoms with van der Waals surface area (Å²) in [6, 6.07) is 14.1. The van der Waals surface area contributed by atoms with E-state index >= 15 is 0 Å². The van der Waals surface area contributed by atoms with Crippen LogP contribution in [0.3, 0.4) is 0 Å². The topological polar surface area (TPSA) is 43.9 Å². The standard InChI is InChI=1S/C9H6BrFN2.C9H6BrNO/c10-7-3-8(11)5-9(4-7)13-2-1-12-6-13;10-9-5-4-8(12-9)7-3-1-2-6-11-7/h1-6H;1-6H. The molecule has 25 heavy (non-hydrogen) atoms. The molecule has 0 bridgehead atoms. The molecule has 4 nitrogen and oxygen atoms in total. The number of rotatable bonds is 2. The maximum Gasteiger partial charge on any atom is 0.169 e. The van der Waals surface area contributed by atoms with E-state index in [0.29, 0.717) is 0 Å². The number of nitrogens with zero attached hydrogens (tertiary/aromatic N) is 3. The van der Waals surface area contributed by atoms with E-state index in [4.69, 9.17) is 4.42 Å². The Hall–Kier alpha value is -2.25. The minimum atomic E-state index is -0.266. The van der Waals surface area contributed by atoms with E-state index in [1.165, 1.54) is 12.1 Å². The van der Waals surface area contributed by atoms with Gasteiger partial charge in [-0.25, -0.2) is 9.37 Å². The van der Waals surface area contributed by atoms with Gasteiger partial charge in [0.2, 0.25) is 0 Å². The van der Waals surface area contributed by atoms with E-state index in [1.807, 2.05) is 36.4 Å². The molecule has 0 radical (unpaired) electrons. The van der Waals surface area contributed by atoms with Gasteiger partial charge in [-0.1, -0.05) is 22.0 Å². The summed E-state index contributed by atoms with van der Waals surface area (Å²) in [6.45, 7) is 0. The molecule has 0 aliphatic carbocycles. The predicted octanol–water partition coefficient (Wildman–Crippen LogP) is 5.88. The number of pyridine rings is 1. The van der Waals surface area contributed by atoms with Crippen LogP contribution in [0.2, 0.25) is 0 Å². The lowest BCUT2D eigenvalue weighted by molar-refractivity contribution is 0.554. The van der Waals surface area contributed by atoms with Gasteiger partial charge in [0.15, 0.2) is 10.4 Å². The Morgan fingerprint density at radius 1 is 1.00 bits per heavy atom. The van der Waals surface area contributed by atoms with Crippen molar-refractivity contribution in [3.63, 3.8) is 0 Å². The number of imidazole rings is 1. The summed E-state index contributed by atoms with van der Waals surface area (Å²) < 4.78 is 21.5. The molecule has 126 valence electrons. The zero-order chi connectivity index (χ0) is 17.6. The molecule has 0 N–H and O–H groups in total. The van der Waals surface area contributed by atoms with Crippen molar-refractivity contribution in [2.45, 2.75) is 0 Å². The van der Waals surface area contributed by atoms with Crippen molar-refractivity contribution in [3.8, 4) is 17.1 Å². The van der Waals surface area contributed by atoms with Crippen molar-refractivity contribution in [2.24, 2.45) is 0 Å². The summed E-state index contributed by atoms with van der Waals surface area (Å²) in [6.07, 6.45) is 6.78. The highest BCUT2D eigenvalue weighted by molar-refractivity contribution is 9.10. The third kappa shape index (κ3) is 4.87. The summed E-state index contributed by atoms with van der Waals surface area (Å²) in [5.41, 5.74) is 1.60. The fourth-order valence-electron chi connectivity index (χ4n) is 2.06. The smallest absolute Gasteiger partial charge is 0.169 e. The first-order valence-electron chi connectivity index (χ1n) is 7.23. The Kier molecular flexibility index (Phi) is 5.78. The molecule has 0 spiro atoms. The molecule has 0 aliphatic heterocycles. The number of hydrogen-bond donors (Lipinski definition) is 0. The van der Waals surface area contributed by atoms with E-state index in [-0.39, 0.29) is 5.82 Å². The van der Waals surface area contributed by atoms with E-state index in [0.717, 1.165) is 26.3 Å². The van der Waals surface area contributed by atoms with Crippen LogP contribution in [0.5, 0.6) is 0 Å². The fraction of sp³-hybridized carbons (Fsp3) is 0. The number of furan rings is 1. The normalized spacial score (nSPS) is 10.2. The zero-order valence-electron chi connectivity index (χ0n) is 12.8. The van der Waals surface area contributed by atoms with Gasteiger partial charge in [0.25, 0.3) is 0 Å². The third-order valence-electron chi connectivity index (χ3n) is 3.14. The maximum absolute atomic E-state index is 13.0. The second-order valence-corrected chi connectivity index (χ2v) is 6.61. The SMILES string of the molecule is Brc1ccc(-c2ccccn2)o1.Fc1cc(Br)cc(-n2ccnc2)c1. The number of aromatic nitrogens is 3. The van der Waals surface area contributed by atoms with Crippen LogP contribution >= 0.6 is 31.9 Å². The van der Waals surface area contributed by atoms with Gasteiger partial charge >= 0.3 is 0 Å². The van der Waals surface area contributed by atoms with E-state index in [2.05, 4.69) is 41.8 Å². The van der Waals surface area contributed by atoms with Crippen LogP contribution < -0.4 is 0 Å². The quantitative estimate of drug-likeness (QED) is 0.372. The van der Waals surface area contributed by atoms with Crippen molar-refractivity contribution < 1.29 is 8.81 Å². The van der Waals surface area contributed by atoms with Crippen molar-refractivity contribution >= 4 is 31.9 Å². The van der Waals surface area contributed by atoms with Crippen LogP contribution in [0, 0.1) is 5.82 Å². The van der Waals surface area contributed by atoms with Crippen LogP contribution in [0.25, 0.3) is 17.1 Å². The first-order valence-corrected chi connectivity index (χ1v) is 8.81. The summed E-state index contributed by atoms with van der Waals surface area (Å²) in [4.78, 5) is 8.03. The minimum absolute atomic E-state index is 0.266. The second-order valence-electron chi connectivity index (χ2n) is 4.92. The van der Waals surface area contributed by atoms with Crippen LogP contribution in [-0.4, -0.2) is 14.5 Å². The molecule has 4 rings (SSSR count). The van der Waals surface area contributed by atoms with Gasteiger partial charge in [0, 0.05) is 23.1 Å². The lowest BCUT2D eigenvalue weighted by Crippen LogP contribution is -1.90.